The number of imidazole rings is 1. The largest absolute Gasteiger partial charge is 0.458 e. The van der Waals surface area contributed by atoms with Crippen LogP contribution in [0.3, 0.4) is 0 Å². The van der Waals surface area contributed by atoms with Gasteiger partial charge in [-0.3, -0.25) is 13.7 Å². The number of hydrogen-bond acceptors (Lipinski definition) is 2. The number of fused-ring (bicyclic) bond motifs is 13. The van der Waals surface area contributed by atoms with Gasteiger partial charge in [0.15, 0.2) is 0 Å². The Morgan fingerprint density at radius 1 is 0.493 bits per heavy atom. The molecule has 0 unspecified atom stereocenters. The zero-order valence-corrected chi connectivity index (χ0v) is 41.1. The van der Waals surface area contributed by atoms with Gasteiger partial charge in [0, 0.05) is 28.6 Å². The molecule has 1 aliphatic rings. The van der Waals surface area contributed by atoms with Crippen LogP contribution in [-0.4, -0.2) is 14.1 Å². The van der Waals surface area contributed by atoms with E-state index in [-0.39, 0.29) is 33.4 Å². The molecule has 5 nitrogen and oxygen atoms in total. The Hall–Kier alpha value is -9.58. The summed E-state index contributed by atoms with van der Waals surface area (Å²) in [6.45, 7) is 6.60. The smallest absolute Gasteiger partial charge is 0.269 e. The van der Waals surface area contributed by atoms with Crippen LogP contribution in [0.5, 0.6) is 11.5 Å². The van der Waals surface area contributed by atoms with Crippen LogP contribution >= 0.6 is 0 Å². The van der Waals surface area contributed by atoms with Crippen LogP contribution in [0, 0.1) is 6.33 Å². The van der Waals surface area contributed by atoms with Gasteiger partial charge in [0.2, 0.25) is 0 Å². The molecule has 3 aromatic heterocycles. The maximum atomic E-state index is 9.12. The molecule has 10 aromatic carbocycles. The van der Waals surface area contributed by atoms with Crippen LogP contribution in [0.1, 0.15) is 40.0 Å². The first-order valence-corrected chi connectivity index (χ1v) is 24.9. The highest BCUT2D eigenvalue weighted by molar-refractivity contribution is 6.21. The highest BCUT2D eigenvalue weighted by Crippen LogP contribution is 2.52. The lowest BCUT2D eigenvalue weighted by Gasteiger charge is -2.24. The second-order valence-corrected chi connectivity index (χ2v) is 19.7. The Morgan fingerprint density at radius 3 is 1.73 bits per heavy atom. The minimum atomic E-state index is -0.570. The minimum absolute atomic E-state index is 0.135. The number of nitrogens with zero attached hydrogens (tertiary/aromatic N) is 4. The lowest BCUT2D eigenvalue weighted by molar-refractivity contribution is -0.571. The summed E-state index contributed by atoms with van der Waals surface area (Å²) >= 11 is 0. The van der Waals surface area contributed by atoms with E-state index in [1.807, 2.05) is 65.4 Å². The summed E-state index contributed by atoms with van der Waals surface area (Å²) < 4.78 is 101. The molecule has 0 aliphatic heterocycles. The van der Waals surface area contributed by atoms with Gasteiger partial charge in [-0.25, -0.2) is 4.98 Å². The number of benzene rings is 10. The zero-order valence-electron chi connectivity index (χ0n) is 51.1. The van der Waals surface area contributed by atoms with Crippen LogP contribution in [0.15, 0.2) is 249 Å². The highest BCUT2D eigenvalue weighted by Gasteiger charge is 2.28. The van der Waals surface area contributed by atoms with Crippen molar-refractivity contribution < 1.29 is 23.0 Å². The Bertz CT molecular complexity index is 4850. The lowest BCUT2D eigenvalue weighted by atomic mass is 9.79. The fourth-order valence-corrected chi connectivity index (χ4v) is 10.9. The van der Waals surface area contributed by atoms with E-state index in [0.29, 0.717) is 28.2 Å². The highest BCUT2D eigenvalue weighted by atomic mass is 16.5. The van der Waals surface area contributed by atoms with Crippen LogP contribution in [0.25, 0.3) is 117 Å². The first-order valence-electron chi connectivity index (χ1n) is 29.9. The Morgan fingerprint density at radius 2 is 1.07 bits per heavy atom. The van der Waals surface area contributed by atoms with E-state index in [9.17, 15) is 0 Å². The quantitative estimate of drug-likeness (QED) is 0.118. The maximum Gasteiger partial charge on any atom is 0.269 e. The summed E-state index contributed by atoms with van der Waals surface area (Å²) in [6, 6.07) is 55.4. The van der Waals surface area contributed by atoms with Crippen molar-refractivity contribution in [2.45, 2.75) is 26.2 Å². The molecule has 0 amide bonds. The molecule has 0 N–H and O–H groups in total. The summed E-state index contributed by atoms with van der Waals surface area (Å²) in [4.78, 5) is 5.07. The second-order valence-electron chi connectivity index (χ2n) is 19.7. The van der Waals surface area contributed by atoms with E-state index >= 15 is 0 Å². The Labute approximate surface area is 450 Å². The monoisotopic (exact) mass is 972 g/mol. The maximum absolute atomic E-state index is 9.12. The number of hydrogen-bond donors (Lipinski definition) is 0. The molecule has 13 aromatic rings. The van der Waals surface area contributed by atoms with E-state index in [4.69, 9.17) is 23.4 Å². The Kier molecular flexibility index (Phi) is 8.14. The molecule has 1 aliphatic carbocycles. The molecular formula is C70H50N4O. The van der Waals surface area contributed by atoms with Crippen molar-refractivity contribution >= 4 is 32.8 Å². The third-order valence-electron chi connectivity index (χ3n) is 14.3. The minimum Gasteiger partial charge on any atom is -0.458 e. The fraction of sp³-hybridized carbons (Fsp3) is 0.0571. The average molecular weight is 973 g/mol. The number of ether oxygens (including phenoxy) is 1. The van der Waals surface area contributed by atoms with Crippen molar-refractivity contribution in [2.24, 2.45) is 0 Å². The van der Waals surface area contributed by atoms with Crippen LogP contribution in [-0.2, 0) is 5.41 Å². The summed E-state index contributed by atoms with van der Waals surface area (Å²) in [6.07, 6.45) is 5.37. The third kappa shape index (κ3) is 7.38. The van der Waals surface area contributed by atoms with E-state index in [1.54, 1.807) is 22.8 Å². The van der Waals surface area contributed by atoms with E-state index in [2.05, 4.69) is 141 Å². The number of pyridine rings is 1. The molecule has 0 saturated carbocycles. The van der Waals surface area contributed by atoms with Crippen LogP contribution in [0.4, 0.5) is 0 Å². The van der Waals surface area contributed by atoms with E-state index in [1.165, 1.54) is 5.56 Å². The summed E-state index contributed by atoms with van der Waals surface area (Å²) in [5.74, 6) is 1.83. The number of rotatable bonds is 7. The van der Waals surface area contributed by atoms with Gasteiger partial charge in [-0.15, -0.1) is 0 Å². The van der Waals surface area contributed by atoms with Gasteiger partial charge in [-0.2, -0.15) is 0 Å². The zero-order chi connectivity index (χ0) is 58.9. The van der Waals surface area contributed by atoms with Crippen molar-refractivity contribution in [3.8, 4) is 95.5 Å². The topological polar surface area (TPSA) is 35.9 Å². The summed E-state index contributed by atoms with van der Waals surface area (Å²) in [5.41, 5.74) is 14.0. The number of para-hydroxylation sites is 3. The van der Waals surface area contributed by atoms with Crippen molar-refractivity contribution in [1.29, 1.82) is 0 Å². The van der Waals surface area contributed by atoms with Gasteiger partial charge in [-0.05, 0) is 121 Å². The third-order valence-corrected chi connectivity index (χ3v) is 14.3. The molecule has 0 radical (unpaired) electrons. The average Bonchev–Trinajstić information content (AvgIpc) is 1.96. The van der Waals surface area contributed by atoms with E-state index < -0.39 is 60.4 Å². The second kappa shape index (κ2) is 17.6. The van der Waals surface area contributed by atoms with Crippen molar-refractivity contribution in [1.82, 2.24) is 14.1 Å². The Balaban J connectivity index is 0.956. The molecule has 0 spiro atoms. The van der Waals surface area contributed by atoms with Gasteiger partial charge in [-0.1, -0.05) is 209 Å². The van der Waals surface area contributed by atoms with Crippen molar-refractivity contribution in [3.05, 3.63) is 261 Å². The van der Waals surface area contributed by atoms with Crippen molar-refractivity contribution in [2.75, 3.05) is 0 Å². The number of aromatic nitrogens is 4. The predicted octanol–water partition coefficient (Wildman–Crippen LogP) is 17.6. The molecule has 5 heteroatoms. The lowest BCUT2D eigenvalue weighted by Crippen LogP contribution is -2.31. The molecule has 356 valence electrons. The molecule has 0 fully saturated rings. The molecule has 3 heterocycles. The molecule has 75 heavy (non-hydrogen) atoms. The standard InChI is InChI=1S/C70H50N4O/c1-70(2,3)48-40-41-71-66(42-48)74-64-39-38-60-58-30-13-12-28-56(58)54-26-10-11-27-55(54)57-29-14-15-31-59(57)67(60)68(64)61-37-36-51(44-65(61)74)75-50-25-18-24-49(43-50)72-45-73(63-35-17-16-34-62(63)72)69-52(46-20-6-4-7-21-46)32-19-33-53(69)47-22-8-5-9-23-47/h4-44H,1-3H3/i4D,5D,6D,7D,8D,9D,20D,21D,22D,23D. The van der Waals surface area contributed by atoms with E-state index in [0.717, 1.165) is 72.1 Å². The normalized spacial score (nSPS) is 13.8. The van der Waals surface area contributed by atoms with Crippen molar-refractivity contribution in [3.63, 3.8) is 0 Å². The van der Waals surface area contributed by atoms with Gasteiger partial charge in [0.1, 0.15) is 17.3 Å². The first kappa shape index (κ1) is 34.7. The molecule has 14 rings (SSSR count). The molecule has 0 atom stereocenters. The molecule has 0 saturated heterocycles. The molecule has 0 bridgehead atoms. The predicted molar refractivity (Wildman–Crippen MR) is 307 cm³/mol. The van der Waals surface area contributed by atoms with Crippen LogP contribution in [0.2, 0.25) is 0 Å². The van der Waals surface area contributed by atoms with Gasteiger partial charge in [0.05, 0.1) is 47.1 Å². The summed E-state index contributed by atoms with van der Waals surface area (Å²) in [5, 5.41) is 2.10. The van der Waals surface area contributed by atoms with Gasteiger partial charge < -0.3 is 4.74 Å². The van der Waals surface area contributed by atoms with Gasteiger partial charge >= 0.3 is 0 Å². The van der Waals surface area contributed by atoms with Gasteiger partial charge in [0.25, 0.3) is 6.33 Å². The first-order chi connectivity index (χ1) is 41.0. The fourth-order valence-electron chi connectivity index (χ4n) is 10.9. The summed E-state index contributed by atoms with van der Waals surface area (Å²) in [7, 11) is 0. The SMILES string of the molecule is [2H]c1c([2H])c([2H])c(-c2cccc(-c3c([2H])c([2H])c([2H])c([2H])c3[2H])c2-[n+]2[c-]n(-c3cccc(Oc4ccc5c6c7c(ccc6n(-c6cc(C(C)(C)C)ccn6)c5c4)-c4ccccc4-c4ccccc4-c4ccccc4-7)c3)c3ccccc32)c([2H])c1[2H]. The molecular weight excluding hydrogens is 913 g/mol. The van der Waals surface area contributed by atoms with Crippen LogP contribution < -0.4 is 9.30 Å².